The van der Waals surface area contributed by atoms with Crippen LogP contribution in [0.5, 0.6) is 0 Å². The normalized spacial score (nSPS) is 10.6. The van der Waals surface area contributed by atoms with Gasteiger partial charge < -0.3 is 0 Å². The maximum atomic E-state index is 13.7. The monoisotopic (exact) mass is 272 g/mol. The smallest absolute Gasteiger partial charge is 0.131 e. The summed E-state index contributed by atoms with van der Waals surface area (Å²) in [5.41, 5.74) is 1.87. The second-order valence-corrected chi connectivity index (χ2v) is 5.07. The van der Waals surface area contributed by atoms with E-state index >= 15 is 0 Å². The number of hydrogen-bond donors (Lipinski definition) is 0. The van der Waals surface area contributed by atoms with E-state index in [-0.39, 0.29) is 11.6 Å². The highest BCUT2D eigenvalue weighted by Gasteiger charge is 2.10. The highest BCUT2D eigenvalue weighted by Crippen LogP contribution is 2.34. The zero-order valence-electron chi connectivity index (χ0n) is 9.94. The van der Waals surface area contributed by atoms with Gasteiger partial charge in [0, 0.05) is 16.0 Å². The lowest BCUT2D eigenvalue weighted by atomic mass is 10.1. The van der Waals surface area contributed by atoms with Gasteiger partial charge in [-0.15, -0.1) is 11.3 Å². The first-order valence-corrected chi connectivity index (χ1v) is 6.72. The fourth-order valence-electron chi connectivity index (χ4n) is 1.98. The molecule has 2 aromatic carbocycles. The van der Waals surface area contributed by atoms with Crippen LogP contribution in [-0.4, -0.2) is 0 Å². The standard InChI is InChI=1S/C16H10F2S/c17-14-7-3-1-5-12(14)11-9-16(19-10-11)13-6-2-4-8-15(13)18/h1-10H. The van der Waals surface area contributed by atoms with Gasteiger partial charge in [-0.2, -0.15) is 0 Å². The van der Waals surface area contributed by atoms with Crippen LogP contribution >= 0.6 is 11.3 Å². The Balaban J connectivity index is 2.06. The van der Waals surface area contributed by atoms with Crippen LogP contribution in [0.1, 0.15) is 0 Å². The van der Waals surface area contributed by atoms with E-state index in [2.05, 4.69) is 0 Å². The molecule has 0 atom stereocenters. The van der Waals surface area contributed by atoms with E-state index in [0.29, 0.717) is 11.1 Å². The van der Waals surface area contributed by atoms with Crippen LogP contribution in [0.4, 0.5) is 8.78 Å². The van der Waals surface area contributed by atoms with E-state index in [1.165, 1.54) is 23.5 Å². The molecule has 94 valence electrons. The molecule has 0 bridgehead atoms. The van der Waals surface area contributed by atoms with Crippen LogP contribution in [0.25, 0.3) is 21.6 Å². The van der Waals surface area contributed by atoms with Crippen molar-refractivity contribution in [1.29, 1.82) is 0 Å². The Morgan fingerprint density at radius 3 is 1.95 bits per heavy atom. The summed E-state index contributed by atoms with van der Waals surface area (Å²) in [6, 6.07) is 15.0. The Morgan fingerprint density at radius 2 is 1.32 bits per heavy atom. The molecule has 0 radical (unpaired) electrons. The van der Waals surface area contributed by atoms with Crippen molar-refractivity contribution in [2.45, 2.75) is 0 Å². The fraction of sp³-hybridized carbons (Fsp3) is 0. The van der Waals surface area contributed by atoms with Crippen LogP contribution < -0.4 is 0 Å². The van der Waals surface area contributed by atoms with Crippen LogP contribution in [0.3, 0.4) is 0 Å². The molecule has 0 spiro atoms. The predicted molar refractivity (Wildman–Crippen MR) is 75.1 cm³/mol. The van der Waals surface area contributed by atoms with Crippen molar-refractivity contribution in [3.8, 4) is 21.6 Å². The molecule has 0 saturated heterocycles. The zero-order valence-corrected chi connectivity index (χ0v) is 10.8. The summed E-state index contributed by atoms with van der Waals surface area (Å²) in [6.45, 7) is 0. The Bertz CT molecular complexity index is 656. The quantitative estimate of drug-likeness (QED) is 0.589. The molecule has 0 fully saturated rings. The van der Waals surface area contributed by atoms with Crippen LogP contribution in [0.2, 0.25) is 0 Å². The number of rotatable bonds is 2. The summed E-state index contributed by atoms with van der Waals surface area (Å²) in [5, 5.41) is 1.85. The molecule has 0 amide bonds. The van der Waals surface area contributed by atoms with Gasteiger partial charge in [0.1, 0.15) is 11.6 Å². The maximum Gasteiger partial charge on any atom is 0.131 e. The number of thiophene rings is 1. The van der Waals surface area contributed by atoms with Crippen molar-refractivity contribution in [2.75, 3.05) is 0 Å². The molecular weight excluding hydrogens is 262 g/mol. The molecule has 1 aromatic heterocycles. The second kappa shape index (κ2) is 4.94. The van der Waals surface area contributed by atoms with Gasteiger partial charge in [0.05, 0.1) is 0 Å². The molecule has 0 aliphatic carbocycles. The average molecular weight is 272 g/mol. The highest BCUT2D eigenvalue weighted by molar-refractivity contribution is 7.14. The molecule has 0 N–H and O–H groups in total. The molecule has 3 heteroatoms. The van der Waals surface area contributed by atoms with Gasteiger partial charge in [0.15, 0.2) is 0 Å². The van der Waals surface area contributed by atoms with E-state index in [1.54, 1.807) is 36.4 Å². The van der Waals surface area contributed by atoms with E-state index in [4.69, 9.17) is 0 Å². The molecule has 3 rings (SSSR count). The molecular formula is C16H10F2S. The van der Waals surface area contributed by atoms with Gasteiger partial charge in [-0.1, -0.05) is 36.4 Å². The Kier molecular flexibility index (Phi) is 3.13. The molecule has 0 aliphatic rings. The summed E-state index contributed by atoms with van der Waals surface area (Å²) in [5.74, 6) is -0.523. The van der Waals surface area contributed by atoms with E-state index in [9.17, 15) is 8.78 Å². The number of hydrogen-bond acceptors (Lipinski definition) is 1. The average Bonchev–Trinajstić information content (AvgIpc) is 2.89. The first-order chi connectivity index (χ1) is 9.25. The molecule has 1 heterocycles. The Hall–Kier alpha value is -2.00. The molecule has 0 aliphatic heterocycles. The lowest BCUT2D eigenvalue weighted by Gasteiger charge is -2.00. The minimum Gasteiger partial charge on any atom is -0.206 e. The minimum atomic E-state index is -0.264. The van der Waals surface area contributed by atoms with Crippen molar-refractivity contribution in [3.05, 3.63) is 71.6 Å². The topological polar surface area (TPSA) is 0 Å². The van der Waals surface area contributed by atoms with Crippen molar-refractivity contribution in [3.63, 3.8) is 0 Å². The maximum absolute atomic E-state index is 13.7. The third-order valence-electron chi connectivity index (χ3n) is 2.92. The van der Waals surface area contributed by atoms with Gasteiger partial charge >= 0.3 is 0 Å². The van der Waals surface area contributed by atoms with Crippen LogP contribution in [-0.2, 0) is 0 Å². The SMILES string of the molecule is Fc1ccccc1-c1csc(-c2ccccc2F)c1. The summed E-state index contributed by atoms with van der Waals surface area (Å²) in [6.07, 6.45) is 0. The summed E-state index contributed by atoms with van der Waals surface area (Å²) >= 11 is 1.41. The zero-order chi connectivity index (χ0) is 13.2. The van der Waals surface area contributed by atoms with Gasteiger partial charge in [-0.3, -0.25) is 0 Å². The van der Waals surface area contributed by atoms with Crippen molar-refractivity contribution in [1.82, 2.24) is 0 Å². The number of benzene rings is 2. The van der Waals surface area contributed by atoms with E-state index in [0.717, 1.165) is 10.4 Å². The van der Waals surface area contributed by atoms with Gasteiger partial charge in [-0.25, -0.2) is 8.78 Å². The van der Waals surface area contributed by atoms with Gasteiger partial charge in [-0.05, 0) is 29.1 Å². The van der Waals surface area contributed by atoms with Gasteiger partial charge in [0.25, 0.3) is 0 Å². The minimum absolute atomic E-state index is 0.260. The van der Waals surface area contributed by atoms with Crippen LogP contribution in [0.15, 0.2) is 60.0 Å². The van der Waals surface area contributed by atoms with Crippen molar-refractivity contribution >= 4 is 11.3 Å². The number of halogens is 2. The molecule has 3 aromatic rings. The highest BCUT2D eigenvalue weighted by atomic mass is 32.1. The Labute approximate surface area is 114 Å². The van der Waals surface area contributed by atoms with Crippen molar-refractivity contribution < 1.29 is 8.78 Å². The molecule has 0 nitrogen and oxygen atoms in total. The van der Waals surface area contributed by atoms with E-state index in [1.807, 2.05) is 11.4 Å². The van der Waals surface area contributed by atoms with Gasteiger partial charge in [0.2, 0.25) is 0 Å². The summed E-state index contributed by atoms with van der Waals surface area (Å²) < 4.78 is 27.4. The summed E-state index contributed by atoms with van der Waals surface area (Å²) in [7, 11) is 0. The lowest BCUT2D eigenvalue weighted by molar-refractivity contribution is 0.631. The first kappa shape index (κ1) is 12.1. The predicted octanol–water partition coefficient (Wildman–Crippen LogP) is 5.36. The van der Waals surface area contributed by atoms with Crippen LogP contribution in [0, 0.1) is 11.6 Å². The molecule has 0 unspecified atom stereocenters. The fourth-order valence-corrected chi connectivity index (χ4v) is 2.91. The Morgan fingerprint density at radius 1 is 0.737 bits per heavy atom. The first-order valence-electron chi connectivity index (χ1n) is 5.84. The molecule has 19 heavy (non-hydrogen) atoms. The van der Waals surface area contributed by atoms with E-state index < -0.39 is 0 Å². The largest absolute Gasteiger partial charge is 0.206 e. The van der Waals surface area contributed by atoms with Crippen molar-refractivity contribution in [2.24, 2.45) is 0 Å². The summed E-state index contributed by atoms with van der Waals surface area (Å²) in [4.78, 5) is 0.802. The second-order valence-electron chi connectivity index (χ2n) is 4.16. The third-order valence-corrected chi connectivity index (χ3v) is 3.89. The molecule has 0 saturated carbocycles. The lowest BCUT2D eigenvalue weighted by Crippen LogP contribution is -1.81. The third kappa shape index (κ3) is 2.29.